The van der Waals surface area contributed by atoms with Gasteiger partial charge in [-0.1, -0.05) is 6.07 Å². The van der Waals surface area contributed by atoms with Crippen LogP contribution in [0.1, 0.15) is 34.2 Å². The van der Waals surface area contributed by atoms with Crippen LogP contribution in [0.25, 0.3) is 0 Å². The molecule has 19 heavy (non-hydrogen) atoms. The zero-order chi connectivity index (χ0) is 14.0. The highest BCUT2D eigenvalue weighted by Crippen LogP contribution is 2.22. The Balaban J connectivity index is 2.40. The third-order valence-corrected chi connectivity index (χ3v) is 3.17. The van der Waals surface area contributed by atoms with E-state index in [0.29, 0.717) is 17.9 Å². The molecule has 0 unspecified atom stereocenters. The second kappa shape index (κ2) is 5.31. The van der Waals surface area contributed by atoms with E-state index < -0.39 is 0 Å². The molecule has 0 aliphatic carbocycles. The average Bonchev–Trinajstić information content (AvgIpc) is 2.75. The largest absolute Gasteiger partial charge is 0.469 e. The molecular formula is C16H19NO2. The van der Waals surface area contributed by atoms with Crippen LogP contribution in [0, 0.1) is 20.8 Å². The number of carbonyl (C=O) groups is 1. The van der Waals surface area contributed by atoms with Crippen molar-refractivity contribution in [3.05, 3.63) is 53.0 Å². The Kier molecular flexibility index (Phi) is 3.74. The molecule has 2 aromatic rings. The molecule has 100 valence electrons. The lowest BCUT2D eigenvalue weighted by Gasteiger charge is -2.21. The summed E-state index contributed by atoms with van der Waals surface area (Å²) in [6.07, 6.45) is 1.55. The first-order valence-corrected chi connectivity index (χ1v) is 6.47. The standard InChI is InChI=1S/C16H19NO2/c1-5-17(14-9-11(2)8-12(3)10-14)16(18)15-6-7-19-13(15)4/h6-10H,5H2,1-4H3. The van der Waals surface area contributed by atoms with Crippen molar-refractivity contribution < 1.29 is 9.21 Å². The van der Waals surface area contributed by atoms with Gasteiger partial charge in [-0.3, -0.25) is 4.79 Å². The molecule has 3 heteroatoms. The Morgan fingerprint density at radius 3 is 2.26 bits per heavy atom. The quantitative estimate of drug-likeness (QED) is 0.836. The molecule has 1 amide bonds. The number of benzene rings is 1. The minimum atomic E-state index is -0.0150. The van der Waals surface area contributed by atoms with Crippen LogP contribution in [0.15, 0.2) is 34.9 Å². The van der Waals surface area contributed by atoms with Gasteiger partial charge >= 0.3 is 0 Å². The average molecular weight is 257 g/mol. The van der Waals surface area contributed by atoms with Crippen LogP contribution in [0.4, 0.5) is 5.69 Å². The smallest absolute Gasteiger partial charge is 0.261 e. The molecule has 3 nitrogen and oxygen atoms in total. The third kappa shape index (κ3) is 2.70. The van der Waals surface area contributed by atoms with Crippen molar-refractivity contribution in [2.75, 3.05) is 11.4 Å². The summed E-state index contributed by atoms with van der Waals surface area (Å²) >= 11 is 0. The first-order valence-electron chi connectivity index (χ1n) is 6.47. The number of anilines is 1. The van der Waals surface area contributed by atoms with E-state index in [1.807, 2.05) is 39.8 Å². The van der Waals surface area contributed by atoms with Gasteiger partial charge in [0.1, 0.15) is 5.76 Å². The molecule has 2 rings (SSSR count). The molecule has 0 aliphatic rings. The van der Waals surface area contributed by atoms with E-state index in [1.165, 1.54) is 0 Å². The number of nitrogens with zero attached hydrogens (tertiary/aromatic N) is 1. The van der Waals surface area contributed by atoms with Gasteiger partial charge in [0.25, 0.3) is 5.91 Å². The summed E-state index contributed by atoms with van der Waals surface area (Å²) in [5.41, 5.74) is 3.88. The fourth-order valence-electron chi connectivity index (χ4n) is 2.30. The number of carbonyl (C=O) groups excluding carboxylic acids is 1. The minimum absolute atomic E-state index is 0.0150. The van der Waals surface area contributed by atoms with Gasteiger partial charge in [-0.15, -0.1) is 0 Å². The van der Waals surface area contributed by atoms with Crippen molar-refractivity contribution >= 4 is 11.6 Å². The Hall–Kier alpha value is -2.03. The molecule has 0 atom stereocenters. The number of hydrogen-bond donors (Lipinski definition) is 0. The molecule has 0 saturated carbocycles. The molecule has 1 heterocycles. The predicted octanol–water partition coefficient (Wildman–Crippen LogP) is 3.87. The maximum absolute atomic E-state index is 12.5. The van der Waals surface area contributed by atoms with Crippen LogP contribution in [-0.2, 0) is 0 Å². The molecule has 0 aliphatic heterocycles. The van der Waals surface area contributed by atoms with Gasteiger partial charge in [0.15, 0.2) is 0 Å². The van der Waals surface area contributed by atoms with Gasteiger partial charge in [0.2, 0.25) is 0 Å². The summed E-state index contributed by atoms with van der Waals surface area (Å²) in [5, 5.41) is 0. The molecule has 0 spiro atoms. The van der Waals surface area contributed by atoms with Crippen LogP contribution in [0.2, 0.25) is 0 Å². The fraction of sp³-hybridized carbons (Fsp3) is 0.312. The van der Waals surface area contributed by atoms with Crippen molar-refractivity contribution in [2.45, 2.75) is 27.7 Å². The highest BCUT2D eigenvalue weighted by molar-refractivity contribution is 6.06. The Bertz CT molecular complexity index is 578. The van der Waals surface area contributed by atoms with Crippen molar-refractivity contribution in [3.63, 3.8) is 0 Å². The molecule has 0 bridgehead atoms. The van der Waals surface area contributed by atoms with Crippen molar-refractivity contribution in [1.29, 1.82) is 0 Å². The van der Waals surface area contributed by atoms with E-state index in [9.17, 15) is 4.79 Å². The summed E-state index contributed by atoms with van der Waals surface area (Å²) in [6.45, 7) is 8.50. The molecule has 0 N–H and O–H groups in total. The first kappa shape index (κ1) is 13.4. The summed E-state index contributed by atoms with van der Waals surface area (Å²) in [4.78, 5) is 14.3. The van der Waals surface area contributed by atoms with Crippen molar-refractivity contribution in [1.82, 2.24) is 0 Å². The maximum Gasteiger partial charge on any atom is 0.261 e. The van der Waals surface area contributed by atoms with E-state index >= 15 is 0 Å². The summed E-state index contributed by atoms with van der Waals surface area (Å²) in [6, 6.07) is 7.89. The minimum Gasteiger partial charge on any atom is -0.469 e. The molecule has 0 radical (unpaired) electrons. The number of aryl methyl sites for hydroxylation is 3. The number of amides is 1. The zero-order valence-electron chi connectivity index (χ0n) is 11.9. The molecule has 0 fully saturated rings. The molecule has 1 aromatic heterocycles. The number of hydrogen-bond acceptors (Lipinski definition) is 2. The molecular weight excluding hydrogens is 238 g/mol. The van der Waals surface area contributed by atoms with Gasteiger partial charge in [-0.25, -0.2) is 0 Å². The van der Waals surface area contributed by atoms with Crippen LogP contribution in [0.3, 0.4) is 0 Å². The van der Waals surface area contributed by atoms with Crippen LogP contribution in [0.5, 0.6) is 0 Å². The van der Waals surface area contributed by atoms with Gasteiger partial charge in [-0.05, 0) is 57.0 Å². The molecule has 0 saturated heterocycles. The topological polar surface area (TPSA) is 33.5 Å². The highest BCUT2D eigenvalue weighted by atomic mass is 16.3. The SMILES string of the molecule is CCN(C(=O)c1ccoc1C)c1cc(C)cc(C)c1. The summed E-state index contributed by atoms with van der Waals surface area (Å²) in [5.74, 6) is 0.645. The van der Waals surface area contributed by atoms with Gasteiger partial charge in [0, 0.05) is 12.2 Å². The van der Waals surface area contributed by atoms with E-state index in [-0.39, 0.29) is 5.91 Å². The van der Waals surface area contributed by atoms with Gasteiger partial charge in [0.05, 0.1) is 11.8 Å². The van der Waals surface area contributed by atoms with Gasteiger partial charge in [-0.2, -0.15) is 0 Å². The highest BCUT2D eigenvalue weighted by Gasteiger charge is 2.19. The fourth-order valence-corrected chi connectivity index (χ4v) is 2.30. The third-order valence-electron chi connectivity index (χ3n) is 3.17. The number of furan rings is 1. The van der Waals surface area contributed by atoms with Crippen LogP contribution >= 0.6 is 0 Å². The van der Waals surface area contributed by atoms with E-state index in [1.54, 1.807) is 17.2 Å². The first-order chi connectivity index (χ1) is 9.02. The Labute approximate surface area is 113 Å². The second-order valence-electron chi connectivity index (χ2n) is 4.79. The van der Waals surface area contributed by atoms with Crippen molar-refractivity contribution in [2.24, 2.45) is 0 Å². The van der Waals surface area contributed by atoms with Gasteiger partial charge < -0.3 is 9.32 Å². The Morgan fingerprint density at radius 1 is 1.16 bits per heavy atom. The lowest BCUT2D eigenvalue weighted by molar-refractivity contribution is 0.0987. The Morgan fingerprint density at radius 2 is 1.79 bits per heavy atom. The summed E-state index contributed by atoms with van der Waals surface area (Å²) < 4.78 is 5.22. The van der Waals surface area contributed by atoms with E-state index in [2.05, 4.69) is 6.07 Å². The lowest BCUT2D eigenvalue weighted by Crippen LogP contribution is -2.30. The predicted molar refractivity (Wildman–Crippen MR) is 76.7 cm³/mol. The summed E-state index contributed by atoms with van der Waals surface area (Å²) in [7, 11) is 0. The monoisotopic (exact) mass is 257 g/mol. The van der Waals surface area contributed by atoms with Crippen molar-refractivity contribution in [3.8, 4) is 0 Å². The van der Waals surface area contributed by atoms with Crippen LogP contribution in [-0.4, -0.2) is 12.5 Å². The number of rotatable bonds is 3. The second-order valence-corrected chi connectivity index (χ2v) is 4.79. The maximum atomic E-state index is 12.5. The van der Waals surface area contributed by atoms with E-state index in [4.69, 9.17) is 4.42 Å². The normalized spacial score (nSPS) is 10.5. The zero-order valence-corrected chi connectivity index (χ0v) is 11.9. The lowest BCUT2D eigenvalue weighted by atomic mass is 10.1. The van der Waals surface area contributed by atoms with E-state index in [0.717, 1.165) is 16.8 Å². The molecule has 1 aromatic carbocycles. The van der Waals surface area contributed by atoms with Crippen LogP contribution < -0.4 is 4.90 Å².